The lowest BCUT2D eigenvalue weighted by Crippen LogP contribution is -1.92. The van der Waals surface area contributed by atoms with E-state index in [-0.39, 0.29) is 12.0 Å². The molecule has 0 radical (unpaired) electrons. The molecule has 0 spiro atoms. The van der Waals surface area contributed by atoms with E-state index in [0.717, 1.165) is 0 Å². The van der Waals surface area contributed by atoms with Gasteiger partial charge in [0.15, 0.2) is 0 Å². The predicted molar refractivity (Wildman–Crippen MR) is 53.4 cm³/mol. The first-order chi connectivity index (χ1) is 7.15. The number of nitrogens with zero attached hydrogens (tertiary/aromatic N) is 2. The van der Waals surface area contributed by atoms with Crippen molar-refractivity contribution < 1.29 is 8.81 Å². The molecule has 0 saturated heterocycles. The first kappa shape index (κ1) is 9.72. The zero-order valence-electron chi connectivity index (χ0n) is 7.37. The summed E-state index contributed by atoms with van der Waals surface area (Å²) in [5, 5.41) is 9.96. The fraction of sp³-hybridized carbons (Fsp3) is 0. The molecule has 0 fully saturated rings. The maximum absolute atomic E-state index is 12.9. The molecule has 1 aromatic carbocycles. The third-order valence-corrected chi connectivity index (χ3v) is 1.94. The zero-order valence-corrected chi connectivity index (χ0v) is 8.12. The van der Waals surface area contributed by atoms with E-state index in [1.165, 1.54) is 18.2 Å². The Hall–Kier alpha value is -1.82. The number of nitrogens with one attached hydrogen (secondary N) is 1. The highest BCUT2D eigenvalue weighted by molar-refractivity contribution is 6.33. The molecule has 0 amide bonds. The second-order valence-corrected chi connectivity index (χ2v) is 3.10. The van der Waals surface area contributed by atoms with Crippen LogP contribution in [0.25, 0.3) is 0 Å². The largest absolute Gasteiger partial charge is 0.389 e. The smallest absolute Gasteiger partial charge is 0.321 e. The highest BCUT2D eigenvalue weighted by atomic mass is 35.5. The number of halogens is 2. The Balaban J connectivity index is 2.27. The standard InChI is InChI=1S/C8H6ClFN4O/c9-5-2-1-4(10)3-6(5)12-8-14-13-7(11)15-8/h1-3H,(H2,11,13)(H,12,14). The summed E-state index contributed by atoms with van der Waals surface area (Å²) in [4.78, 5) is 0. The quantitative estimate of drug-likeness (QED) is 0.824. The molecular weight excluding hydrogens is 223 g/mol. The maximum atomic E-state index is 12.9. The molecule has 15 heavy (non-hydrogen) atoms. The lowest BCUT2D eigenvalue weighted by molar-refractivity contribution is 0.593. The summed E-state index contributed by atoms with van der Waals surface area (Å²) in [6.45, 7) is 0. The SMILES string of the molecule is Nc1nnc(Nc2cc(F)ccc2Cl)o1. The van der Waals surface area contributed by atoms with Crippen LogP contribution < -0.4 is 11.1 Å². The van der Waals surface area contributed by atoms with Gasteiger partial charge >= 0.3 is 12.0 Å². The molecule has 2 aromatic rings. The average molecular weight is 229 g/mol. The Bertz CT molecular complexity index is 487. The molecule has 3 N–H and O–H groups in total. The number of hydrogen-bond donors (Lipinski definition) is 2. The minimum atomic E-state index is -0.422. The van der Waals surface area contributed by atoms with Gasteiger partial charge in [0.2, 0.25) is 0 Å². The molecule has 5 nitrogen and oxygen atoms in total. The Morgan fingerprint density at radius 2 is 2.20 bits per heavy atom. The van der Waals surface area contributed by atoms with Gasteiger partial charge < -0.3 is 15.5 Å². The molecule has 0 saturated carbocycles. The number of nitrogen functional groups attached to an aromatic ring is 1. The Morgan fingerprint density at radius 1 is 1.40 bits per heavy atom. The van der Waals surface area contributed by atoms with Gasteiger partial charge in [-0.25, -0.2) is 4.39 Å². The molecule has 0 aliphatic rings. The van der Waals surface area contributed by atoms with Gasteiger partial charge in [0.05, 0.1) is 10.7 Å². The molecule has 7 heteroatoms. The van der Waals surface area contributed by atoms with E-state index >= 15 is 0 Å². The number of aromatic nitrogens is 2. The Kier molecular flexibility index (Phi) is 2.42. The summed E-state index contributed by atoms with van der Waals surface area (Å²) >= 11 is 5.80. The summed E-state index contributed by atoms with van der Waals surface area (Å²) in [6.07, 6.45) is 0. The number of rotatable bonds is 2. The number of anilines is 3. The van der Waals surface area contributed by atoms with Crippen LogP contribution in [-0.2, 0) is 0 Å². The van der Waals surface area contributed by atoms with Gasteiger partial charge in [-0.15, -0.1) is 0 Å². The Labute approximate surface area is 89.0 Å². The summed E-state index contributed by atoms with van der Waals surface area (Å²) in [5.74, 6) is -0.422. The molecule has 78 valence electrons. The lowest BCUT2D eigenvalue weighted by atomic mass is 10.3. The van der Waals surface area contributed by atoms with Crippen LogP contribution in [0, 0.1) is 5.82 Å². The highest BCUT2D eigenvalue weighted by Crippen LogP contribution is 2.25. The van der Waals surface area contributed by atoms with Crippen LogP contribution in [0.15, 0.2) is 22.6 Å². The van der Waals surface area contributed by atoms with Crippen molar-refractivity contribution in [2.75, 3.05) is 11.1 Å². The van der Waals surface area contributed by atoms with E-state index in [0.29, 0.717) is 10.7 Å². The minimum absolute atomic E-state index is 0.0556. The van der Waals surface area contributed by atoms with E-state index in [4.69, 9.17) is 21.8 Å². The van der Waals surface area contributed by atoms with E-state index < -0.39 is 5.82 Å². The second-order valence-electron chi connectivity index (χ2n) is 2.69. The van der Waals surface area contributed by atoms with Gasteiger partial charge in [-0.1, -0.05) is 21.8 Å². The van der Waals surface area contributed by atoms with E-state index in [1.807, 2.05) is 0 Å². The highest BCUT2D eigenvalue weighted by Gasteiger charge is 2.06. The van der Waals surface area contributed by atoms with Gasteiger partial charge in [-0.3, -0.25) is 0 Å². The first-order valence-corrected chi connectivity index (χ1v) is 4.34. The second kappa shape index (κ2) is 3.74. The van der Waals surface area contributed by atoms with E-state index in [2.05, 4.69) is 15.5 Å². The van der Waals surface area contributed by atoms with Crippen LogP contribution in [-0.4, -0.2) is 10.2 Å². The molecule has 1 aromatic heterocycles. The monoisotopic (exact) mass is 228 g/mol. The number of benzene rings is 1. The third-order valence-electron chi connectivity index (χ3n) is 1.61. The van der Waals surface area contributed by atoms with Crippen LogP contribution in [0.4, 0.5) is 22.1 Å². The fourth-order valence-corrected chi connectivity index (χ4v) is 1.16. The van der Waals surface area contributed by atoms with Gasteiger partial charge in [0.1, 0.15) is 5.82 Å². The van der Waals surface area contributed by atoms with Gasteiger partial charge in [0, 0.05) is 0 Å². The normalized spacial score (nSPS) is 10.3. The first-order valence-electron chi connectivity index (χ1n) is 3.96. The van der Waals surface area contributed by atoms with Crippen molar-refractivity contribution in [2.45, 2.75) is 0 Å². The van der Waals surface area contributed by atoms with Crippen LogP contribution >= 0.6 is 11.6 Å². The molecule has 2 rings (SSSR count). The fourth-order valence-electron chi connectivity index (χ4n) is 0.994. The summed E-state index contributed by atoms with van der Waals surface area (Å²) in [5.41, 5.74) is 5.55. The van der Waals surface area contributed by atoms with Crippen molar-refractivity contribution in [3.8, 4) is 0 Å². The van der Waals surface area contributed by atoms with Gasteiger partial charge in [0.25, 0.3) is 0 Å². The van der Waals surface area contributed by atoms with Crippen molar-refractivity contribution in [1.82, 2.24) is 10.2 Å². The molecular formula is C8H6ClFN4O. The molecule has 0 aliphatic heterocycles. The topological polar surface area (TPSA) is 77.0 Å². The molecule has 0 atom stereocenters. The molecule has 1 heterocycles. The summed E-state index contributed by atoms with van der Waals surface area (Å²) in [7, 11) is 0. The summed E-state index contributed by atoms with van der Waals surface area (Å²) < 4.78 is 17.7. The van der Waals surface area contributed by atoms with Crippen molar-refractivity contribution >= 4 is 29.3 Å². The van der Waals surface area contributed by atoms with Crippen LogP contribution in [0.3, 0.4) is 0 Å². The Morgan fingerprint density at radius 3 is 2.87 bits per heavy atom. The van der Waals surface area contributed by atoms with E-state index in [9.17, 15) is 4.39 Å². The van der Waals surface area contributed by atoms with Crippen molar-refractivity contribution in [2.24, 2.45) is 0 Å². The minimum Gasteiger partial charge on any atom is -0.389 e. The van der Waals surface area contributed by atoms with Gasteiger partial charge in [-0.05, 0) is 18.2 Å². The number of hydrogen-bond acceptors (Lipinski definition) is 5. The van der Waals surface area contributed by atoms with E-state index in [1.54, 1.807) is 0 Å². The molecule has 0 unspecified atom stereocenters. The number of nitrogens with two attached hydrogens (primary N) is 1. The molecule has 0 aliphatic carbocycles. The van der Waals surface area contributed by atoms with Crippen molar-refractivity contribution in [3.63, 3.8) is 0 Å². The van der Waals surface area contributed by atoms with Gasteiger partial charge in [-0.2, -0.15) is 0 Å². The van der Waals surface area contributed by atoms with Crippen LogP contribution in [0.1, 0.15) is 0 Å². The maximum Gasteiger partial charge on any atom is 0.321 e. The zero-order chi connectivity index (χ0) is 10.8. The third kappa shape index (κ3) is 2.16. The van der Waals surface area contributed by atoms with Crippen molar-refractivity contribution in [3.05, 3.63) is 29.0 Å². The van der Waals surface area contributed by atoms with Crippen LogP contribution in [0.2, 0.25) is 5.02 Å². The van der Waals surface area contributed by atoms with Crippen molar-refractivity contribution in [1.29, 1.82) is 0 Å². The lowest BCUT2D eigenvalue weighted by Gasteiger charge is -2.03. The average Bonchev–Trinajstić information content (AvgIpc) is 2.58. The summed E-state index contributed by atoms with van der Waals surface area (Å²) in [6, 6.07) is 3.85. The molecule has 0 bridgehead atoms. The predicted octanol–water partition coefficient (Wildman–Crippen LogP) is 2.19. The van der Waals surface area contributed by atoms with Crippen LogP contribution in [0.5, 0.6) is 0 Å².